The molecule has 8 N–H and O–H groups in total. The molecule has 2 fully saturated rings. The van der Waals surface area contributed by atoms with Gasteiger partial charge < -0.3 is 50.0 Å². The maximum Gasteiger partial charge on any atom is 0.235 e. The summed E-state index contributed by atoms with van der Waals surface area (Å²) < 4.78 is 21.7. The van der Waals surface area contributed by atoms with Crippen LogP contribution in [-0.2, 0) is 31.2 Å². The summed E-state index contributed by atoms with van der Waals surface area (Å²) in [6, 6.07) is 22.8. The number of carbonyl (C=O) groups is 3. The first-order valence-corrected chi connectivity index (χ1v) is 20.8. The molecule has 2 aliphatic heterocycles. The number of nitrogens with one attached hydrogen (secondary N) is 4. The number of nitrogens with two attached hydrogens (primary N) is 1. The molecule has 4 aliphatic rings. The lowest BCUT2D eigenvalue weighted by Gasteiger charge is -2.17. The highest BCUT2D eigenvalue weighted by atomic mass is 16.7. The zero-order valence-corrected chi connectivity index (χ0v) is 36.1. The molecule has 0 unspecified atom stereocenters. The molecule has 328 valence electrons. The molecule has 0 spiro atoms. The van der Waals surface area contributed by atoms with Crippen LogP contribution >= 0.6 is 0 Å². The molecule has 63 heavy (non-hydrogen) atoms. The minimum absolute atomic E-state index is 0.0327. The Morgan fingerprint density at radius 3 is 1.44 bits per heavy atom. The topological polar surface area (TPSA) is 223 Å². The van der Waals surface area contributed by atoms with Crippen LogP contribution in [0.2, 0.25) is 0 Å². The third kappa shape index (κ3) is 7.93. The maximum absolute atomic E-state index is 13.3. The summed E-state index contributed by atoms with van der Waals surface area (Å²) in [5.41, 5.74) is 6.99. The number of anilines is 2. The lowest BCUT2D eigenvalue weighted by Crippen LogP contribution is -2.27. The molecule has 2 aromatic heterocycles. The number of carbonyl (C=O) groups excluding carboxylic acids is 3. The second kappa shape index (κ2) is 16.1. The van der Waals surface area contributed by atoms with Crippen molar-refractivity contribution >= 4 is 57.5 Å². The van der Waals surface area contributed by atoms with Crippen LogP contribution in [-0.4, -0.2) is 58.3 Å². The summed E-state index contributed by atoms with van der Waals surface area (Å²) in [6.07, 6.45) is 5.50. The van der Waals surface area contributed by atoms with Crippen molar-refractivity contribution < 1.29 is 43.7 Å². The highest BCUT2D eigenvalue weighted by molar-refractivity contribution is 6.07. The fraction of sp³-hybridized carbons (Fsp3) is 0.333. The van der Waals surface area contributed by atoms with Gasteiger partial charge in [0.2, 0.25) is 25.4 Å². The number of ether oxygens (including phenoxy) is 4. The molecule has 15 nitrogen and oxygen atoms in total. The van der Waals surface area contributed by atoms with Crippen LogP contribution in [0.5, 0.6) is 23.0 Å². The van der Waals surface area contributed by atoms with Gasteiger partial charge in [-0.1, -0.05) is 58.8 Å². The number of aromatic nitrogens is 2. The quantitative estimate of drug-likeness (QED) is 0.0334. The summed E-state index contributed by atoms with van der Waals surface area (Å²) in [5.74, 6) is 6.22. The van der Waals surface area contributed by atoms with Crippen molar-refractivity contribution in [1.82, 2.24) is 9.97 Å². The number of oxime groups is 1. The standard InChI is InChI=1S/C24H25N3O4.C24H24N2O4.H3NO/c1-23(2,3)21-17(12-25-29)16-11-15(5-6-18(16)27-21)26-22(28)24(8-9-24)14-4-7-19-20(10-14)31-13-30-19;1-23(2,3)21-17(12-27)16-11-15(5-6-18(16)26-21)25-22(28)24(8-9-24)14-4-7-19-20(10-14)30-13-29-19;1-2/h4-7,10-12,27,29H,8-9,13H2,1-3H3,(H,26,28);4-7,10-12,26H,8-9,13H2,1-3H3,(H,25,28);2H,1H2/b25-12-;;. The summed E-state index contributed by atoms with van der Waals surface area (Å²) in [7, 11) is 0. The first-order valence-electron chi connectivity index (χ1n) is 20.8. The molecule has 2 saturated carbocycles. The minimum Gasteiger partial charge on any atom is -0.454 e. The van der Waals surface area contributed by atoms with Crippen molar-refractivity contribution in [3.05, 3.63) is 106 Å². The second-order valence-electron chi connectivity index (χ2n) is 18.4. The first kappa shape index (κ1) is 42.8. The normalized spacial score (nSPS) is 16.2. The van der Waals surface area contributed by atoms with E-state index >= 15 is 0 Å². The van der Waals surface area contributed by atoms with Crippen molar-refractivity contribution in [3.8, 4) is 23.0 Å². The van der Waals surface area contributed by atoms with Crippen LogP contribution < -0.4 is 35.5 Å². The highest BCUT2D eigenvalue weighted by Crippen LogP contribution is 2.52. The summed E-state index contributed by atoms with van der Waals surface area (Å²) >= 11 is 0. The Labute approximate surface area is 363 Å². The van der Waals surface area contributed by atoms with E-state index in [0.29, 0.717) is 39.9 Å². The average Bonchev–Trinajstić information content (AvgIpc) is 4.02. The predicted molar refractivity (Wildman–Crippen MR) is 239 cm³/mol. The number of hydrogen-bond acceptors (Lipinski definition) is 11. The Morgan fingerprint density at radius 2 is 1.05 bits per heavy atom. The van der Waals surface area contributed by atoms with Crippen molar-refractivity contribution in [2.24, 2.45) is 11.1 Å². The van der Waals surface area contributed by atoms with Gasteiger partial charge in [0.25, 0.3) is 0 Å². The van der Waals surface area contributed by atoms with Crippen LogP contribution in [0.4, 0.5) is 11.4 Å². The van der Waals surface area contributed by atoms with Gasteiger partial charge in [-0.15, -0.1) is 0 Å². The molecule has 2 aliphatic carbocycles. The Balaban J connectivity index is 0.000000166. The van der Waals surface area contributed by atoms with Gasteiger partial charge in [-0.2, -0.15) is 0 Å². The summed E-state index contributed by atoms with van der Waals surface area (Å²) in [6.45, 7) is 12.9. The number of amides is 2. The van der Waals surface area contributed by atoms with E-state index in [-0.39, 0.29) is 36.2 Å². The number of fused-ring (bicyclic) bond motifs is 4. The lowest BCUT2D eigenvalue weighted by molar-refractivity contribution is -0.119. The number of benzene rings is 4. The first-order chi connectivity index (χ1) is 30.1. The minimum atomic E-state index is -0.544. The van der Waals surface area contributed by atoms with E-state index < -0.39 is 10.8 Å². The molecule has 4 heterocycles. The molecule has 0 atom stereocenters. The van der Waals surface area contributed by atoms with Crippen molar-refractivity contribution in [2.45, 2.75) is 88.9 Å². The molecule has 15 heteroatoms. The van der Waals surface area contributed by atoms with E-state index in [4.69, 9.17) is 24.2 Å². The van der Waals surface area contributed by atoms with E-state index in [9.17, 15) is 19.6 Å². The van der Waals surface area contributed by atoms with Crippen LogP contribution in [0.25, 0.3) is 21.8 Å². The Hall–Kier alpha value is -6.84. The van der Waals surface area contributed by atoms with E-state index in [2.05, 4.69) is 73.2 Å². The van der Waals surface area contributed by atoms with Gasteiger partial charge in [0.1, 0.15) is 0 Å². The number of aromatic amines is 2. The van der Waals surface area contributed by atoms with Crippen LogP contribution in [0.15, 0.2) is 78.0 Å². The fourth-order valence-electron chi connectivity index (χ4n) is 8.51. The van der Waals surface area contributed by atoms with E-state index in [1.165, 1.54) is 6.21 Å². The molecule has 2 amide bonds. The van der Waals surface area contributed by atoms with Gasteiger partial charge in [0, 0.05) is 66.5 Å². The number of aldehydes is 1. The molecular weight excluding hydrogens is 805 g/mol. The fourth-order valence-corrected chi connectivity index (χ4v) is 8.51. The van der Waals surface area contributed by atoms with Crippen molar-refractivity contribution in [3.63, 3.8) is 0 Å². The smallest absolute Gasteiger partial charge is 0.235 e. The van der Waals surface area contributed by atoms with Gasteiger partial charge in [-0.25, -0.2) is 5.90 Å². The lowest BCUT2D eigenvalue weighted by atomic mass is 9.89. The Kier molecular flexibility index (Phi) is 11.0. The maximum atomic E-state index is 13.3. The molecule has 10 rings (SSSR count). The molecule has 0 bridgehead atoms. The van der Waals surface area contributed by atoms with E-state index in [0.717, 1.165) is 81.9 Å². The zero-order valence-electron chi connectivity index (χ0n) is 36.1. The number of nitrogens with zero attached hydrogens (tertiary/aromatic N) is 1. The molecule has 4 aromatic carbocycles. The van der Waals surface area contributed by atoms with E-state index in [1.807, 2.05) is 72.8 Å². The molecule has 6 aromatic rings. The van der Waals surface area contributed by atoms with Gasteiger partial charge in [0.15, 0.2) is 29.3 Å². The van der Waals surface area contributed by atoms with Gasteiger partial charge in [-0.3, -0.25) is 14.4 Å². The summed E-state index contributed by atoms with van der Waals surface area (Å²) in [5, 5.41) is 26.8. The Morgan fingerprint density at radius 1 is 0.635 bits per heavy atom. The number of hydrogen-bond donors (Lipinski definition) is 7. The monoisotopic (exact) mass is 856 g/mol. The van der Waals surface area contributed by atoms with Gasteiger partial charge >= 0.3 is 0 Å². The third-order valence-corrected chi connectivity index (χ3v) is 12.2. The third-order valence-electron chi connectivity index (χ3n) is 12.2. The molecule has 0 radical (unpaired) electrons. The number of rotatable bonds is 8. The SMILES string of the molecule is CC(C)(C)c1[nH]c2ccc(NC(=O)C3(c4ccc5c(c4)OCO5)CC3)cc2c1/C=N\O.CC(C)(C)c1[nH]c2ccc(NC(=O)C3(c4ccc5c(c4)OCO5)CC3)cc2c1C=O.NO. The van der Waals surface area contributed by atoms with Crippen LogP contribution in [0, 0.1) is 0 Å². The molecular formula is C48H52N6O9. The van der Waals surface area contributed by atoms with Gasteiger partial charge in [0.05, 0.1) is 17.0 Å². The van der Waals surface area contributed by atoms with Crippen molar-refractivity contribution in [1.29, 1.82) is 0 Å². The van der Waals surface area contributed by atoms with Crippen molar-refractivity contribution in [2.75, 3.05) is 24.2 Å². The zero-order chi connectivity index (χ0) is 44.9. The predicted octanol–water partition coefficient (Wildman–Crippen LogP) is 8.68. The van der Waals surface area contributed by atoms with Crippen LogP contribution in [0.1, 0.15) is 106 Å². The van der Waals surface area contributed by atoms with E-state index in [1.54, 1.807) is 0 Å². The summed E-state index contributed by atoms with van der Waals surface area (Å²) in [4.78, 5) is 45.0. The molecule has 0 saturated heterocycles. The Bertz CT molecular complexity index is 2780. The average molecular weight is 857 g/mol. The van der Waals surface area contributed by atoms with Crippen LogP contribution in [0.3, 0.4) is 0 Å². The van der Waals surface area contributed by atoms with Gasteiger partial charge in [-0.05, 0) is 97.5 Å². The second-order valence-corrected chi connectivity index (χ2v) is 18.4. The highest BCUT2D eigenvalue weighted by Gasteiger charge is 2.52. The number of H-pyrrole nitrogens is 2. The largest absolute Gasteiger partial charge is 0.454 e.